The molecule has 0 aromatic heterocycles. The minimum Gasteiger partial charge on any atom is -0.351 e. The zero-order valence-corrected chi connectivity index (χ0v) is 9.27. The molecule has 0 heterocycles. The molecule has 82 valence electrons. The fourth-order valence-electron chi connectivity index (χ4n) is 1.02. The largest absolute Gasteiger partial charge is 0.351 e. The Balaban J connectivity index is 4.02. The van der Waals surface area contributed by atoms with E-state index in [0.717, 1.165) is 0 Å². The molecule has 0 rings (SSSR count). The molecule has 0 bridgehead atoms. The maximum atomic E-state index is 5.38. The molecule has 0 radical (unpaired) electrons. The second-order valence-electron chi connectivity index (χ2n) is 2.59. The van der Waals surface area contributed by atoms with Crippen LogP contribution in [-0.2, 0) is 9.47 Å². The molecule has 0 amide bonds. The van der Waals surface area contributed by atoms with Crippen LogP contribution in [0.25, 0.3) is 0 Å². The van der Waals surface area contributed by atoms with Gasteiger partial charge in [-0.15, -0.1) is 0 Å². The van der Waals surface area contributed by atoms with E-state index in [-0.39, 0.29) is 6.29 Å². The van der Waals surface area contributed by atoms with Gasteiger partial charge < -0.3 is 9.47 Å². The highest BCUT2D eigenvalue weighted by atomic mass is 16.7. The van der Waals surface area contributed by atoms with Crippen molar-refractivity contribution in [2.75, 3.05) is 19.8 Å². The van der Waals surface area contributed by atoms with Crippen molar-refractivity contribution in [2.24, 2.45) is 5.10 Å². The minimum atomic E-state index is -0.244. The van der Waals surface area contributed by atoms with Crippen LogP contribution < -0.4 is 0 Å². The van der Waals surface area contributed by atoms with Crippen molar-refractivity contribution >= 4 is 6.72 Å². The molecule has 0 saturated carbocycles. The fourth-order valence-corrected chi connectivity index (χ4v) is 1.02. The molecule has 0 aliphatic rings. The Labute approximate surface area is 86.2 Å². The van der Waals surface area contributed by atoms with E-state index in [1.807, 2.05) is 33.0 Å². The van der Waals surface area contributed by atoms with Gasteiger partial charge in [0.15, 0.2) is 6.29 Å². The van der Waals surface area contributed by atoms with E-state index >= 15 is 0 Å². The summed E-state index contributed by atoms with van der Waals surface area (Å²) in [5, 5.41) is 5.51. The Bertz CT molecular complexity index is 166. The van der Waals surface area contributed by atoms with Crippen LogP contribution in [0.15, 0.2) is 17.4 Å². The number of hydrogen-bond acceptors (Lipinski definition) is 4. The molecule has 0 N–H and O–H groups in total. The lowest BCUT2D eigenvalue weighted by Gasteiger charge is -2.21. The molecular weight excluding hydrogens is 180 g/mol. The van der Waals surface area contributed by atoms with E-state index in [9.17, 15) is 0 Å². The van der Waals surface area contributed by atoms with Crippen LogP contribution in [0, 0.1) is 0 Å². The van der Waals surface area contributed by atoms with Crippen LogP contribution in [-0.4, -0.2) is 37.8 Å². The average Bonchev–Trinajstić information content (AvgIpc) is 2.18. The van der Waals surface area contributed by atoms with Gasteiger partial charge in [0.2, 0.25) is 0 Å². The third kappa shape index (κ3) is 5.72. The van der Waals surface area contributed by atoms with E-state index < -0.39 is 0 Å². The number of nitrogens with zero attached hydrogens (tertiary/aromatic N) is 2. The van der Waals surface area contributed by atoms with E-state index in [1.54, 1.807) is 5.01 Å². The van der Waals surface area contributed by atoms with Crippen molar-refractivity contribution in [2.45, 2.75) is 27.1 Å². The van der Waals surface area contributed by atoms with Gasteiger partial charge in [0.1, 0.15) is 0 Å². The first kappa shape index (κ1) is 13.1. The molecular formula is C10H20N2O2. The third-order valence-corrected chi connectivity index (χ3v) is 1.54. The lowest BCUT2D eigenvalue weighted by atomic mass is 10.5. The monoisotopic (exact) mass is 200 g/mol. The Morgan fingerprint density at radius 3 is 2.29 bits per heavy atom. The maximum Gasteiger partial charge on any atom is 0.176 e. The lowest BCUT2D eigenvalue weighted by Crippen LogP contribution is -2.29. The molecule has 0 saturated heterocycles. The van der Waals surface area contributed by atoms with Gasteiger partial charge in [-0.3, -0.25) is 5.01 Å². The molecule has 0 aliphatic carbocycles. The standard InChI is InChI=1S/C10H20N2O2/c1-5-8-12(11-4)9-10(13-6-2)14-7-3/h5,8,10H,4,6-7,9H2,1-3H3/b8-5-. The van der Waals surface area contributed by atoms with Crippen LogP contribution in [0.4, 0.5) is 0 Å². The Hall–Kier alpha value is -0.870. The van der Waals surface area contributed by atoms with Crippen LogP contribution in [0.2, 0.25) is 0 Å². The molecule has 0 spiro atoms. The smallest absolute Gasteiger partial charge is 0.176 e. The van der Waals surface area contributed by atoms with Gasteiger partial charge in [-0.2, -0.15) is 5.10 Å². The summed E-state index contributed by atoms with van der Waals surface area (Å²) < 4.78 is 10.8. The Morgan fingerprint density at radius 2 is 1.93 bits per heavy atom. The first-order valence-corrected chi connectivity index (χ1v) is 4.87. The minimum absolute atomic E-state index is 0.244. The summed E-state index contributed by atoms with van der Waals surface area (Å²) in [5.41, 5.74) is 0. The molecule has 0 aromatic carbocycles. The highest BCUT2D eigenvalue weighted by Gasteiger charge is 2.10. The molecule has 0 atom stereocenters. The Kier molecular flexibility index (Phi) is 8.17. The van der Waals surface area contributed by atoms with Crippen LogP contribution in [0.5, 0.6) is 0 Å². The summed E-state index contributed by atoms with van der Waals surface area (Å²) in [6, 6.07) is 0. The molecule has 4 nitrogen and oxygen atoms in total. The van der Waals surface area contributed by atoms with Crippen molar-refractivity contribution in [1.29, 1.82) is 0 Å². The number of allylic oxidation sites excluding steroid dienone is 1. The zero-order chi connectivity index (χ0) is 10.8. The van der Waals surface area contributed by atoms with Crippen LogP contribution in [0.1, 0.15) is 20.8 Å². The van der Waals surface area contributed by atoms with Crippen molar-refractivity contribution < 1.29 is 9.47 Å². The first-order valence-electron chi connectivity index (χ1n) is 4.87. The fraction of sp³-hybridized carbons (Fsp3) is 0.700. The molecule has 14 heavy (non-hydrogen) atoms. The predicted octanol–water partition coefficient (Wildman–Crippen LogP) is 1.84. The van der Waals surface area contributed by atoms with E-state index in [0.29, 0.717) is 19.8 Å². The summed E-state index contributed by atoms with van der Waals surface area (Å²) >= 11 is 0. The van der Waals surface area contributed by atoms with Gasteiger partial charge in [0, 0.05) is 26.1 Å². The van der Waals surface area contributed by atoms with Gasteiger partial charge in [0.25, 0.3) is 0 Å². The van der Waals surface area contributed by atoms with Gasteiger partial charge >= 0.3 is 0 Å². The van der Waals surface area contributed by atoms with Crippen molar-refractivity contribution in [3.05, 3.63) is 12.3 Å². The summed E-state index contributed by atoms with van der Waals surface area (Å²) in [6.45, 7) is 11.1. The van der Waals surface area contributed by atoms with Crippen LogP contribution >= 0.6 is 0 Å². The van der Waals surface area contributed by atoms with E-state index in [2.05, 4.69) is 11.8 Å². The SMILES string of the molecule is C=NN(/C=C\C)CC(OCC)OCC. The molecule has 0 fully saturated rings. The number of hydrogen-bond donors (Lipinski definition) is 0. The van der Waals surface area contributed by atoms with Gasteiger partial charge in [0.05, 0.1) is 6.54 Å². The maximum absolute atomic E-state index is 5.38. The predicted molar refractivity (Wildman–Crippen MR) is 58.1 cm³/mol. The van der Waals surface area contributed by atoms with Crippen molar-refractivity contribution in [3.63, 3.8) is 0 Å². The number of rotatable bonds is 8. The molecule has 0 aromatic rings. The quantitative estimate of drug-likeness (QED) is 0.340. The second-order valence-corrected chi connectivity index (χ2v) is 2.59. The molecule has 0 unspecified atom stereocenters. The zero-order valence-electron chi connectivity index (χ0n) is 9.27. The number of ether oxygens (including phenoxy) is 2. The summed E-state index contributed by atoms with van der Waals surface area (Å²) in [4.78, 5) is 0. The number of hydrazone groups is 1. The van der Waals surface area contributed by atoms with E-state index in [4.69, 9.17) is 9.47 Å². The highest BCUT2D eigenvalue weighted by molar-refractivity contribution is 5.22. The van der Waals surface area contributed by atoms with Crippen molar-refractivity contribution in [3.8, 4) is 0 Å². The van der Waals surface area contributed by atoms with E-state index in [1.165, 1.54) is 0 Å². The van der Waals surface area contributed by atoms with Crippen molar-refractivity contribution in [1.82, 2.24) is 5.01 Å². The first-order chi connectivity index (χ1) is 6.78. The average molecular weight is 200 g/mol. The summed E-state index contributed by atoms with van der Waals surface area (Å²) in [7, 11) is 0. The third-order valence-electron chi connectivity index (χ3n) is 1.54. The second kappa shape index (κ2) is 8.72. The summed E-state index contributed by atoms with van der Waals surface area (Å²) in [6.07, 6.45) is 3.48. The van der Waals surface area contributed by atoms with Gasteiger partial charge in [-0.1, -0.05) is 6.08 Å². The summed E-state index contributed by atoms with van der Waals surface area (Å²) in [5.74, 6) is 0. The Morgan fingerprint density at radius 1 is 1.36 bits per heavy atom. The molecule has 0 aliphatic heterocycles. The molecule has 4 heteroatoms. The normalized spacial score (nSPS) is 11.1. The highest BCUT2D eigenvalue weighted by Crippen LogP contribution is 2.00. The van der Waals surface area contributed by atoms with Gasteiger partial charge in [-0.25, -0.2) is 0 Å². The van der Waals surface area contributed by atoms with Gasteiger partial charge in [-0.05, 0) is 20.8 Å². The topological polar surface area (TPSA) is 34.1 Å². The lowest BCUT2D eigenvalue weighted by molar-refractivity contribution is -0.143. The van der Waals surface area contributed by atoms with Crippen LogP contribution in [0.3, 0.4) is 0 Å².